The van der Waals surface area contributed by atoms with E-state index in [1.807, 2.05) is 0 Å². The normalized spacial score (nSPS) is 9.74. The average Bonchev–Trinajstić information content (AvgIpc) is 2.41. The third-order valence-corrected chi connectivity index (χ3v) is 2.29. The summed E-state index contributed by atoms with van der Waals surface area (Å²) in [5, 5.41) is 11.1. The number of benzene rings is 1. The Labute approximate surface area is 107 Å². The zero-order chi connectivity index (χ0) is 13.8. The number of nitrogens with one attached hydrogen (secondary N) is 1. The first-order valence-corrected chi connectivity index (χ1v) is 5.23. The summed E-state index contributed by atoms with van der Waals surface area (Å²) in [6.07, 6.45) is 0. The lowest BCUT2D eigenvalue weighted by Crippen LogP contribution is -2.14. The summed E-state index contributed by atoms with van der Waals surface area (Å²) in [7, 11) is 0. The number of amides is 1. The number of pyridine rings is 1. The van der Waals surface area contributed by atoms with Crippen LogP contribution in [0.15, 0.2) is 36.4 Å². The Balaban J connectivity index is 2.22. The SMILES string of the molecule is N#Cc1cc(NC(=O)c2cccc(F)n2)ccc1F. The first kappa shape index (κ1) is 12.6. The van der Waals surface area contributed by atoms with E-state index in [0.29, 0.717) is 0 Å². The molecule has 1 amide bonds. The molecule has 0 aliphatic heterocycles. The van der Waals surface area contributed by atoms with Crippen LogP contribution in [0.2, 0.25) is 0 Å². The van der Waals surface area contributed by atoms with Gasteiger partial charge in [-0.3, -0.25) is 4.79 Å². The van der Waals surface area contributed by atoms with E-state index in [1.54, 1.807) is 6.07 Å². The van der Waals surface area contributed by atoms with Gasteiger partial charge in [-0.05, 0) is 30.3 Å². The first-order chi connectivity index (χ1) is 9.10. The molecule has 0 aliphatic rings. The van der Waals surface area contributed by atoms with Gasteiger partial charge in [-0.25, -0.2) is 9.37 Å². The van der Waals surface area contributed by atoms with Crippen molar-refractivity contribution in [2.45, 2.75) is 0 Å². The standard InChI is InChI=1S/C13H7F2N3O/c14-10-5-4-9(6-8(10)7-16)17-13(19)11-2-1-3-12(15)18-11/h1-6H,(H,17,19). The molecule has 1 aromatic heterocycles. The molecule has 1 aromatic carbocycles. The number of carbonyl (C=O) groups excluding carboxylic acids is 1. The fourth-order valence-electron chi connectivity index (χ4n) is 1.42. The lowest BCUT2D eigenvalue weighted by Gasteiger charge is -2.05. The molecule has 0 atom stereocenters. The van der Waals surface area contributed by atoms with E-state index in [0.717, 1.165) is 12.1 Å². The third-order valence-electron chi connectivity index (χ3n) is 2.29. The monoisotopic (exact) mass is 259 g/mol. The fourth-order valence-corrected chi connectivity index (χ4v) is 1.42. The predicted molar refractivity (Wildman–Crippen MR) is 63.3 cm³/mol. The molecule has 0 saturated carbocycles. The van der Waals surface area contributed by atoms with Crippen molar-refractivity contribution in [3.8, 4) is 6.07 Å². The maximum Gasteiger partial charge on any atom is 0.274 e. The topological polar surface area (TPSA) is 65.8 Å². The molecule has 2 aromatic rings. The number of aromatic nitrogens is 1. The summed E-state index contributed by atoms with van der Waals surface area (Å²) in [4.78, 5) is 15.1. The van der Waals surface area contributed by atoms with Crippen LogP contribution in [-0.2, 0) is 0 Å². The number of nitriles is 1. The van der Waals surface area contributed by atoms with Crippen LogP contribution in [0.25, 0.3) is 0 Å². The van der Waals surface area contributed by atoms with E-state index in [1.165, 1.54) is 24.3 Å². The van der Waals surface area contributed by atoms with Crippen molar-refractivity contribution in [2.24, 2.45) is 0 Å². The summed E-state index contributed by atoms with van der Waals surface area (Å²) in [6, 6.07) is 9.01. The highest BCUT2D eigenvalue weighted by molar-refractivity contribution is 6.02. The van der Waals surface area contributed by atoms with E-state index in [4.69, 9.17) is 5.26 Å². The molecule has 2 rings (SSSR count). The van der Waals surface area contributed by atoms with Crippen molar-refractivity contribution in [2.75, 3.05) is 5.32 Å². The van der Waals surface area contributed by atoms with Crippen molar-refractivity contribution in [3.63, 3.8) is 0 Å². The van der Waals surface area contributed by atoms with Gasteiger partial charge in [0.1, 0.15) is 17.6 Å². The number of hydrogen-bond donors (Lipinski definition) is 1. The largest absolute Gasteiger partial charge is 0.321 e. The van der Waals surface area contributed by atoms with E-state index in [9.17, 15) is 13.6 Å². The summed E-state index contributed by atoms with van der Waals surface area (Å²) in [5.41, 5.74) is -0.0677. The Morgan fingerprint density at radius 1 is 1.26 bits per heavy atom. The van der Waals surface area contributed by atoms with Gasteiger partial charge in [-0.15, -0.1) is 0 Å². The van der Waals surface area contributed by atoms with Crippen molar-refractivity contribution in [1.82, 2.24) is 4.98 Å². The smallest absolute Gasteiger partial charge is 0.274 e. The molecule has 0 bridgehead atoms. The number of rotatable bonds is 2. The van der Waals surface area contributed by atoms with Gasteiger partial charge in [-0.1, -0.05) is 6.07 Å². The maximum absolute atomic E-state index is 13.1. The Kier molecular flexibility index (Phi) is 3.48. The lowest BCUT2D eigenvalue weighted by atomic mass is 10.2. The molecular formula is C13H7F2N3O. The molecule has 0 radical (unpaired) electrons. The number of anilines is 1. The van der Waals surface area contributed by atoms with Crippen LogP contribution in [0.3, 0.4) is 0 Å². The molecule has 0 saturated heterocycles. The van der Waals surface area contributed by atoms with Gasteiger partial charge >= 0.3 is 0 Å². The van der Waals surface area contributed by atoms with Gasteiger partial charge in [0.05, 0.1) is 5.56 Å². The molecule has 6 heteroatoms. The highest BCUT2D eigenvalue weighted by Gasteiger charge is 2.10. The average molecular weight is 259 g/mol. The van der Waals surface area contributed by atoms with Gasteiger partial charge in [0.15, 0.2) is 0 Å². The summed E-state index contributed by atoms with van der Waals surface area (Å²) in [6.45, 7) is 0. The number of carbonyl (C=O) groups is 1. The van der Waals surface area contributed by atoms with Gasteiger partial charge in [0, 0.05) is 5.69 Å². The molecule has 19 heavy (non-hydrogen) atoms. The van der Waals surface area contributed by atoms with Crippen LogP contribution >= 0.6 is 0 Å². The number of halogens is 2. The Morgan fingerprint density at radius 2 is 2.05 bits per heavy atom. The minimum Gasteiger partial charge on any atom is -0.321 e. The van der Waals surface area contributed by atoms with E-state index >= 15 is 0 Å². The molecule has 0 aliphatic carbocycles. The third kappa shape index (κ3) is 2.90. The van der Waals surface area contributed by atoms with E-state index < -0.39 is 17.7 Å². The molecule has 0 spiro atoms. The molecule has 0 unspecified atom stereocenters. The molecule has 1 heterocycles. The van der Waals surface area contributed by atoms with Gasteiger partial charge in [0.2, 0.25) is 5.95 Å². The second-order valence-electron chi connectivity index (χ2n) is 3.61. The summed E-state index contributed by atoms with van der Waals surface area (Å²) >= 11 is 0. The first-order valence-electron chi connectivity index (χ1n) is 5.23. The predicted octanol–water partition coefficient (Wildman–Crippen LogP) is 2.48. The van der Waals surface area contributed by atoms with E-state index in [2.05, 4.69) is 10.3 Å². The second-order valence-corrected chi connectivity index (χ2v) is 3.61. The summed E-state index contributed by atoms with van der Waals surface area (Å²) < 4.78 is 25.9. The van der Waals surface area contributed by atoms with Crippen molar-refractivity contribution in [3.05, 3.63) is 59.4 Å². The van der Waals surface area contributed by atoms with Crippen molar-refractivity contribution >= 4 is 11.6 Å². The minimum absolute atomic E-state index is 0.108. The van der Waals surface area contributed by atoms with Crippen molar-refractivity contribution in [1.29, 1.82) is 5.26 Å². The van der Waals surface area contributed by atoms with Gasteiger partial charge in [-0.2, -0.15) is 9.65 Å². The number of hydrogen-bond acceptors (Lipinski definition) is 3. The Hall–Kier alpha value is -2.81. The van der Waals surface area contributed by atoms with Crippen LogP contribution in [0.5, 0.6) is 0 Å². The molecular weight excluding hydrogens is 252 g/mol. The van der Waals surface area contributed by atoms with Crippen LogP contribution in [0, 0.1) is 23.1 Å². The van der Waals surface area contributed by atoms with Gasteiger partial charge in [0.25, 0.3) is 5.91 Å². The zero-order valence-electron chi connectivity index (χ0n) is 9.52. The highest BCUT2D eigenvalue weighted by atomic mass is 19.1. The van der Waals surface area contributed by atoms with Crippen LogP contribution in [0.1, 0.15) is 16.1 Å². The van der Waals surface area contributed by atoms with Gasteiger partial charge < -0.3 is 5.32 Å². The zero-order valence-corrected chi connectivity index (χ0v) is 9.52. The van der Waals surface area contributed by atoms with E-state index in [-0.39, 0.29) is 16.9 Å². The molecule has 94 valence electrons. The molecule has 0 fully saturated rings. The lowest BCUT2D eigenvalue weighted by molar-refractivity contribution is 0.102. The van der Waals surface area contributed by atoms with Crippen LogP contribution in [-0.4, -0.2) is 10.9 Å². The Morgan fingerprint density at radius 3 is 2.74 bits per heavy atom. The van der Waals surface area contributed by atoms with Crippen molar-refractivity contribution < 1.29 is 13.6 Å². The maximum atomic E-state index is 13.1. The molecule has 1 N–H and O–H groups in total. The Bertz CT molecular complexity index is 680. The highest BCUT2D eigenvalue weighted by Crippen LogP contribution is 2.14. The minimum atomic E-state index is -0.774. The molecule has 4 nitrogen and oxygen atoms in total. The van der Waals surface area contributed by atoms with Crippen LogP contribution < -0.4 is 5.32 Å². The summed E-state index contributed by atoms with van der Waals surface area (Å²) in [5.74, 6) is -2.09. The second kappa shape index (κ2) is 5.23. The van der Waals surface area contributed by atoms with Crippen LogP contribution in [0.4, 0.5) is 14.5 Å². The fraction of sp³-hybridized carbons (Fsp3) is 0. The number of nitrogens with zero attached hydrogens (tertiary/aromatic N) is 2. The quantitative estimate of drug-likeness (QED) is 0.842.